The average Bonchev–Trinajstić information content (AvgIpc) is 2.39. The Morgan fingerprint density at radius 2 is 2.00 bits per heavy atom. The molecule has 1 aromatic rings. The summed E-state index contributed by atoms with van der Waals surface area (Å²) in [5.41, 5.74) is 0.586. The largest absolute Gasteiger partial charge is 0.289 e. The first-order valence-electron chi connectivity index (χ1n) is 5.63. The van der Waals surface area contributed by atoms with Gasteiger partial charge in [-0.15, -0.1) is 0 Å². The zero-order valence-electron chi connectivity index (χ0n) is 9.67. The van der Waals surface area contributed by atoms with E-state index in [0.29, 0.717) is 12.0 Å². The normalized spacial score (nSPS) is 15.9. The van der Waals surface area contributed by atoms with Crippen LogP contribution in [0.15, 0.2) is 48.3 Å². The monoisotopic (exact) mass is 245 g/mol. The van der Waals surface area contributed by atoms with Crippen LogP contribution in [0.2, 0.25) is 0 Å². The molecule has 0 aliphatic carbocycles. The quantitative estimate of drug-likeness (QED) is 0.750. The van der Waals surface area contributed by atoms with Crippen molar-refractivity contribution in [3.05, 3.63) is 53.9 Å². The second kappa shape index (κ2) is 5.40. The maximum absolute atomic E-state index is 13.7. The predicted octanol–water partition coefficient (Wildman–Crippen LogP) is 2.31. The molecule has 0 unspecified atom stereocenters. The molecule has 0 saturated heterocycles. The van der Waals surface area contributed by atoms with Crippen LogP contribution >= 0.6 is 0 Å². The molecular weight excluding hydrogens is 233 g/mol. The van der Waals surface area contributed by atoms with Gasteiger partial charge in [0.15, 0.2) is 5.83 Å². The summed E-state index contributed by atoms with van der Waals surface area (Å²) in [4.78, 5) is 24.1. The van der Waals surface area contributed by atoms with Crippen LogP contribution in [-0.2, 0) is 9.59 Å². The highest BCUT2D eigenvalue weighted by Gasteiger charge is 2.24. The van der Waals surface area contributed by atoms with Gasteiger partial charge in [0.05, 0.1) is 0 Å². The molecule has 2 rings (SSSR count). The van der Waals surface area contributed by atoms with E-state index in [0.717, 1.165) is 11.0 Å². The van der Waals surface area contributed by atoms with Crippen LogP contribution in [0.5, 0.6) is 0 Å². The van der Waals surface area contributed by atoms with E-state index in [9.17, 15) is 14.0 Å². The van der Waals surface area contributed by atoms with Crippen LogP contribution in [-0.4, -0.2) is 23.3 Å². The van der Waals surface area contributed by atoms with Crippen LogP contribution < -0.4 is 0 Å². The molecular formula is C14H12FNO2. The van der Waals surface area contributed by atoms with E-state index < -0.39 is 17.6 Å². The Morgan fingerprint density at radius 1 is 1.28 bits per heavy atom. The summed E-state index contributed by atoms with van der Waals surface area (Å²) in [6, 6.07) is 8.67. The summed E-state index contributed by atoms with van der Waals surface area (Å²) >= 11 is 0. The Morgan fingerprint density at radius 3 is 2.67 bits per heavy atom. The van der Waals surface area contributed by atoms with Crippen LogP contribution in [0.4, 0.5) is 4.39 Å². The highest BCUT2D eigenvalue weighted by atomic mass is 19.1. The summed E-state index contributed by atoms with van der Waals surface area (Å²) < 4.78 is 13.7. The van der Waals surface area contributed by atoms with Crippen LogP contribution in [0.3, 0.4) is 0 Å². The van der Waals surface area contributed by atoms with Crippen LogP contribution in [0, 0.1) is 0 Å². The minimum absolute atomic E-state index is 0.226. The number of nitrogens with zero attached hydrogens (tertiary/aromatic N) is 1. The molecule has 92 valence electrons. The molecule has 0 radical (unpaired) electrons. The second-order valence-corrected chi connectivity index (χ2v) is 3.89. The third kappa shape index (κ3) is 2.71. The molecule has 1 aliphatic rings. The predicted molar refractivity (Wildman–Crippen MR) is 66.0 cm³/mol. The maximum Gasteiger partial charge on any atom is 0.289 e. The Bertz CT molecular complexity index is 520. The smallest absolute Gasteiger partial charge is 0.273 e. The van der Waals surface area contributed by atoms with E-state index in [-0.39, 0.29) is 6.54 Å². The summed E-state index contributed by atoms with van der Waals surface area (Å²) in [6.45, 7) is 0.226. The Labute approximate surface area is 104 Å². The van der Waals surface area contributed by atoms with Crippen molar-refractivity contribution < 1.29 is 14.0 Å². The second-order valence-electron chi connectivity index (χ2n) is 3.89. The lowest BCUT2D eigenvalue weighted by atomic mass is 10.2. The minimum atomic E-state index is -0.926. The third-order valence-corrected chi connectivity index (χ3v) is 2.59. The standard InChI is InChI=1S/C14H12FNO2/c15-12(10-11-6-2-1-3-7-11)14(18)16-9-5-4-8-13(16)17/h1-4,6-8,10H,5,9H2/b12-10+. The molecule has 0 fully saturated rings. The van der Waals surface area contributed by atoms with Crippen molar-refractivity contribution in [2.75, 3.05) is 6.54 Å². The Kier molecular flexibility index (Phi) is 3.67. The number of carbonyl (C=O) groups is 2. The number of benzene rings is 1. The molecule has 1 heterocycles. The molecule has 0 saturated carbocycles. The van der Waals surface area contributed by atoms with Crippen molar-refractivity contribution in [2.45, 2.75) is 6.42 Å². The molecule has 0 spiro atoms. The number of halogens is 1. The highest BCUT2D eigenvalue weighted by molar-refractivity contribution is 6.08. The molecule has 0 atom stereocenters. The highest BCUT2D eigenvalue weighted by Crippen LogP contribution is 2.13. The fraction of sp³-hybridized carbons (Fsp3) is 0.143. The number of amides is 2. The summed E-state index contributed by atoms with van der Waals surface area (Å²) in [5, 5.41) is 0. The number of carbonyl (C=O) groups excluding carboxylic acids is 2. The lowest BCUT2D eigenvalue weighted by molar-refractivity contribution is -0.140. The van der Waals surface area contributed by atoms with Gasteiger partial charge < -0.3 is 0 Å². The lowest BCUT2D eigenvalue weighted by Crippen LogP contribution is -2.38. The molecule has 0 aromatic heterocycles. The lowest BCUT2D eigenvalue weighted by Gasteiger charge is -2.20. The zero-order chi connectivity index (χ0) is 13.0. The van der Waals surface area contributed by atoms with Crippen molar-refractivity contribution in [3.8, 4) is 0 Å². The van der Waals surface area contributed by atoms with E-state index in [2.05, 4.69) is 0 Å². The van der Waals surface area contributed by atoms with Gasteiger partial charge in [-0.25, -0.2) is 4.39 Å². The summed E-state index contributed by atoms with van der Waals surface area (Å²) in [5.74, 6) is -2.28. The first-order chi connectivity index (χ1) is 8.68. The molecule has 3 nitrogen and oxygen atoms in total. The zero-order valence-corrected chi connectivity index (χ0v) is 9.67. The molecule has 1 aromatic carbocycles. The topological polar surface area (TPSA) is 37.4 Å². The van der Waals surface area contributed by atoms with Gasteiger partial charge >= 0.3 is 0 Å². The van der Waals surface area contributed by atoms with Gasteiger partial charge in [-0.05, 0) is 24.1 Å². The fourth-order valence-corrected chi connectivity index (χ4v) is 1.68. The summed E-state index contributed by atoms with van der Waals surface area (Å²) in [7, 11) is 0. The number of rotatable bonds is 2. The molecule has 2 amide bonds. The molecule has 0 bridgehead atoms. The van der Waals surface area contributed by atoms with Gasteiger partial charge in [-0.1, -0.05) is 36.4 Å². The van der Waals surface area contributed by atoms with E-state index >= 15 is 0 Å². The van der Waals surface area contributed by atoms with Gasteiger partial charge in [0.25, 0.3) is 11.8 Å². The van der Waals surface area contributed by atoms with Crippen molar-refractivity contribution in [2.24, 2.45) is 0 Å². The minimum Gasteiger partial charge on any atom is -0.273 e. The maximum atomic E-state index is 13.7. The van der Waals surface area contributed by atoms with E-state index in [4.69, 9.17) is 0 Å². The Balaban J connectivity index is 2.16. The molecule has 18 heavy (non-hydrogen) atoms. The number of hydrogen-bond acceptors (Lipinski definition) is 2. The van der Waals surface area contributed by atoms with Gasteiger partial charge in [0.2, 0.25) is 0 Å². The molecule has 4 heteroatoms. The SMILES string of the molecule is O=C1C=CCCN1C(=O)/C(F)=C\c1ccccc1. The third-order valence-electron chi connectivity index (χ3n) is 2.59. The first kappa shape index (κ1) is 12.2. The Hall–Kier alpha value is -2.23. The van der Waals surface area contributed by atoms with Crippen molar-refractivity contribution in [1.29, 1.82) is 0 Å². The van der Waals surface area contributed by atoms with Crippen LogP contribution in [0.1, 0.15) is 12.0 Å². The van der Waals surface area contributed by atoms with E-state index in [1.54, 1.807) is 36.4 Å². The first-order valence-corrected chi connectivity index (χ1v) is 5.63. The average molecular weight is 245 g/mol. The van der Waals surface area contributed by atoms with Crippen LogP contribution in [0.25, 0.3) is 6.08 Å². The van der Waals surface area contributed by atoms with Crippen molar-refractivity contribution in [3.63, 3.8) is 0 Å². The fourth-order valence-electron chi connectivity index (χ4n) is 1.68. The number of imide groups is 1. The molecule has 1 aliphatic heterocycles. The number of hydrogen-bond donors (Lipinski definition) is 0. The van der Waals surface area contributed by atoms with E-state index in [1.165, 1.54) is 6.08 Å². The summed E-state index contributed by atoms with van der Waals surface area (Å²) in [6.07, 6.45) is 4.66. The molecule has 0 N–H and O–H groups in total. The van der Waals surface area contributed by atoms with Gasteiger partial charge in [0, 0.05) is 6.54 Å². The van der Waals surface area contributed by atoms with Crippen molar-refractivity contribution in [1.82, 2.24) is 4.90 Å². The van der Waals surface area contributed by atoms with E-state index in [1.807, 2.05) is 0 Å². The van der Waals surface area contributed by atoms with Gasteiger partial charge in [0.1, 0.15) is 0 Å². The van der Waals surface area contributed by atoms with Crippen molar-refractivity contribution >= 4 is 17.9 Å². The van der Waals surface area contributed by atoms with Gasteiger partial charge in [-0.2, -0.15) is 0 Å². The van der Waals surface area contributed by atoms with Gasteiger partial charge in [-0.3, -0.25) is 14.5 Å².